The number of nitrogens with zero attached hydrogens (tertiary/aromatic N) is 3. The maximum atomic E-state index is 8.36. The second-order valence-corrected chi connectivity index (χ2v) is 3.00. The lowest BCUT2D eigenvalue weighted by Gasteiger charge is -1.90. The summed E-state index contributed by atoms with van der Waals surface area (Å²) in [6.45, 7) is 0. The highest BCUT2D eigenvalue weighted by atomic mass is 35.5. The largest absolute Gasteiger partial charge is 0.369 e. The molecule has 0 aromatic heterocycles. The summed E-state index contributed by atoms with van der Waals surface area (Å²) in [4.78, 5) is 8.36. The standard InChI is InChI=1S/C8H9ClN4.HNO3/c9-7-3-1-6(2-4-7)5-12-13-8(10)11;2-1(3)4/h1-5H,(H4,10,11,13);(H,2,3,4)/b12-5+;. The molecule has 0 saturated heterocycles. The van der Waals surface area contributed by atoms with Crippen LogP contribution in [0.5, 0.6) is 0 Å². The van der Waals surface area contributed by atoms with Crippen molar-refractivity contribution in [2.24, 2.45) is 21.7 Å². The van der Waals surface area contributed by atoms with Crippen LogP contribution in [0, 0.1) is 10.1 Å². The van der Waals surface area contributed by atoms with Crippen LogP contribution in [-0.4, -0.2) is 22.5 Å². The minimum absolute atomic E-state index is 0.0646. The van der Waals surface area contributed by atoms with Crippen LogP contribution >= 0.6 is 11.6 Å². The molecular weight excluding hydrogens is 250 g/mol. The first-order valence-corrected chi connectivity index (χ1v) is 4.50. The maximum absolute atomic E-state index is 8.36. The molecule has 1 aromatic rings. The van der Waals surface area contributed by atoms with Crippen molar-refractivity contribution in [2.75, 3.05) is 0 Å². The molecule has 0 aliphatic rings. The quantitative estimate of drug-likeness (QED) is 0.309. The lowest BCUT2D eigenvalue weighted by molar-refractivity contribution is -0.742. The zero-order chi connectivity index (χ0) is 13.3. The summed E-state index contributed by atoms with van der Waals surface area (Å²) >= 11 is 5.68. The van der Waals surface area contributed by atoms with E-state index in [9.17, 15) is 0 Å². The van der Waals surface area contributed by atoms with E-state index in [2.05, 4.69) is 10.2 Å². The predicted molar refractivity (Wildman–Crippen MR) is 63.6 cm³/mol. The van der Waals surface area contributed by atoms with Crippen molar-refractivity contribution in [3.05, 3.63) is 45.0 Å². The van der Waals surface area contributed by atoms with Crippen molar-refractivity contribution in [1.82, 2.24) is 0 Å². The average Bonchev–Trinajstić information content (AvgIpc) is 2.19. The number of guanidine groups is 1. The molecule has 9 heteroatoms. The predicted octanol–water partition coefficient (Wildman–Crippen LogP) is 0.600. The molecular formula is C8H10ClN5O3. The van der Waals surface area contributed by atoms with Crippen LogP contribution in [0.25, 0.3) is 0 Å². The Balaban J connectivity index is 0.000000557. The van der Waals surface area contributed by atoms with Crippen molar-refractivity contribution in [3.8, 4) is 0 Å². The van der Waals surface area contributed by atoms with Gasteiger partial charge in [-0.25, -0.2) is 0 Å². The van der Waals surface area contributed by atoms with E-state index < -0.39 is 5.09 Å². The number of hydrogen-bond donors (Lipinski definition) is 3. The molecule has 8 nitrogen and oxygen atoms in total. The number of rotatable bonds is 2. The van der Waals surface area contributed by atoms with Crippen LogP contribution in [0.15, 0.2) is 34.5 Å². The van der Waals surface area contributed by atoms with E-state index in [-0.39, 0.29) is 5.96 Å². The Labute approximate surface area is 101 Å². The Morgan fingerprint density at radius 1 is 1.41 bits per heavy atom. The molecule has 0 radical (unpaired) electrons. The van der Waals surface area contributed by atoms with Gasteiger partial charge in [0.1, 0.15) is 0 Å². The van der Waals surface area contributed by atoms with Crippen molar-refractivity contribution in [2.45, 2.75) is 0 Å². The fraction of sp³-hybridized carbons (Fsp3) is 0. The van der Waals surface area contributed by atoms with Gasteiger partial charge in [0.2, 0.25) is 5.96 Å². The minimum atomic E-state index is -1.50. The Bertz CT molecular complexity index is 410. The summed E-state index contributed by atoms with van der Waals surface area (Å²) in [5.41, 5.74) is 11.0. The lowest BCUT2D eigenvalue weighted by Crippen LogP contribution is -2.21. The first-order valence-electron chi connectivity index (χ1n) is 4.12. The topological polar surface area (TPSA) is 140 Å². The Kier molecular flexibility index (Phi) is 6.79. The molecule has 1 aromatic carbocycles. The molecule has 0 bridgehead atoms. The van der Waals surface area contributed by atoms with Gasteiger partial charge in [-0.05, 0) is 17.7 Å². The Morgan fingerprint density at radius 2 is 1.88 bits per heavy atom. The van der Waals surface area contributed by atoms with Crippen molar-refractivity contribution >= 4 is 23.8 Å². The highest BCUT2D eigenvalue weighted by Crippen LogP contribution is 2.07. The van der Waals surface area contributed by atoms with Gasteiger partial charge in [-0.2, -0.15) is 5.10 Å². The van der Waals surface area contributed by atoms with Crippen LogP contribution in [0.4, 0.5) is 0 Å². The van der Waals surface area contributed by atoms with E-state index in [0.29, 0.717) is 5.02 Å². The van der Waals surface area contributed by atoms with Crippen LogP contribution in [0.3, 0.4) is 0 Å². The summed E-state index contributed by atoms with van der Waals surface area (Å²) < 4.78 is 0. The zero-order valence-corrected chi connectivity index (χ0v) is 9.28. The zero-order valence-electron chi connectivity index (χ0n) is 8.52. The summed E-state index contributed by atoms with van der Waals surface area (Å²) in [5.74, 6) is -0.0646. The van der Waals surface area contributed by atoms with E-state index in [0.717, 1.165) is 5.56 Å². The van der Waals surface area contributed by atoms with Crippen LogP contribution < -0.4 is 11.5 Å². The molecule has 0 spiro atoms. The van der Waals surface area contributed by atoms with Crippen LogP contribution in [-0.2, 0) is 0 Å². The summed E-state index contributed by atoms with van der Waals surface area (Å²) in [6, 6.07) is 7.15. The number of hydrogen-bond acceptors (Lipinski definition) is 4. The number of benzene rings is 1. The highest BCUT2D eigenvalue weighted by Gasteiger charge is 1.87. The first-order chi connectivity index (χ1) is 7.91. The van der Waals surface area contributed by atoms with Crippen molar-refractivity contribution in [1.29, 1.82) is 0 Å². The first kappa shape index (κ1) is 14.6. The van der Waals surface area contributed by atoms with Gasteiger partial charge in [-0.3, -0.25) is 0 Å². The molecule has 0 aliphatic heterocycles. The molecule has 0 aliphatic carbocycles. The van der Waals surface area contributed by atoms with Crippen molar-refractivity contribution in [3.63, 3.8) is 0 Å². The van der Waals surface area contributed by atoms with E-state index in [1.807, 2.05) is 12.1 Å². The van der Waals surface area contributed by atoms with E-state index in [1.54, 1.807) is 12.1 Å². The van der Waals surface area contributed by atoms with Gasteiger partial charge in [-0.1, -0.05) is 23.7 Å². The smallest absolute Gasteiger partial charge is 0.291 e. The SMILES string of the molecule is NC(N)=N/N=C/c1ccc(Cl)cc1.O=[N+]([O-])O. The van der Waals surface area contributed by atoms with Gasteiger partial charge >= 0.3 is 0 Å². The fourth-order valence-corrected chi connectivity index (χ4v) is 0.837. The monoisotopic (exact) mass is 259 g/mol. The van der Waals surface area contributed by atoms with Crippen LogP contribution in [0.1, 0.15) is 5.56 Å². The second kappa shape index (κ2) is 7.88. The summed E-state index contributed by atoms with van der Waals surface area (Å²) in [7, 11) is 0. The second-order valence-electron chi connectivity index (χ2n) is 2.56. The molecule has 5 N–H and O–H groups in total. The molecule has 92 valence electrons. The Hall–Kier alpha value is -2.35. The summed E-state index contributed by atoms with van der Waals surface area (Å²) in [5, 5.41) is 21.4. The molecule has 0 heterocycles. The van der Waals surface area contributed by atoms with Gasteiger partial charge in [0.25, 0.3) is 5.09 Å². The Morgan fingerprint density at radius 3 is 2.29 bits per heavy atom. The molecule has 1 rings (SSSR count). The molecule has 0 amide bonds. The van der Waals surface area contributed by atoms with Gasteiger partial charge < -0.3 is 16.7 Å². The van der Waals surface area contributed by atoms with Gasteiger partial charge in [-0.15, -0.1) is 15.2 Å². The average molecular weight is 260 g/mol. The van der Waals surface area contributed by atoms with Gasteiger partial charge in [0, 0.05) is 5.02 Å². The molecule has 0 saturated carbocycles. The molecule has 0 atom stereocenters. The third-order valence-corrected chi connectivity index (χ3v) is 1.50. The summed E-state index contributed by atoms with van der Waals surface area (Å²) in [6.07, 6.45) is 1.54. The van der Waals surface area contributed by atoms with E-state index >= 15 is 0 Å². The molecule has 0 fully saturated rings. The van der Waals surface area contributed by atoms with Gasteiger partial charge in [0.15, 0.2) is 0 Å². The van der Waals surface area contributed by atoms with Gasteiger partial charge in [0.05, 0.1) is 6.21 Å². The van der Waals surface area contributed by atoms with Crippen molar-refractivity contribution < 1.29 is 10.3 Å². The third-order valence-electron chi connectivity index (χ3n) is 1.25. The van der Waals surface area contributed by atoms with Crippen LogP contribution in [0.2, 0.25) is 5.02 Å². The third kappa shape index (κ3) is 9.94. The highest BCUT2D eigenvalue weighted by molar-refractivity contribution is 6.30. The molecule has 17 heavy (non-hydrogen) atoms. The normalized spacial score (nSPS) is 9.24. The number of nitrogens with two attached hydrogens (primary N) is 2. The number of halogens is 1. The minimum Gasteiger partial charge on any atom is -0.369 e. The van der Waals surface area contributed by atoms with E-state index in [1.165, 1.54) is 6.21 Å². The fourth-order valence-electron chi connectivity index (χ4n) is 0.711. The molecule has 0 unspecified atom stereocenters. The maximum Gasteiger partial charge on any atom is 0.291 e. The lowest BCUT2D eigenvalue weighted by atomic mass is 10.2. The van der Waals surface area contributed by atoms with E-state index in [4.69, 9.17) is 38.4 Å².